The van der Waals surface area contributed by atoms with Crippen LogP contribution in [-0.4, -0.2) is 73.7 Å². The zero-order valence-corrected chi connectivity index (χ0v) is 17.6. The van der Waals surface area contributed by atoms with Gasteiger partial charge in [-0.1, -0.05) is 0 Å². The third kappa shape index (κ3) is 4.80. The first-order chi connectivity index (χ1) is 14.6. The summed E-state index contributed by atoms with van der Waals surface area (Å²) in [5, 5.41) is 4.53. The number of hydrogen-bond donors (Lipinski definition) is 0. The smallest absolute Gasteiger partial charge is 0.359 e. The fourth-order valence-corrected chi connectivity index (χ4v) is 3.33. The van der Waals surface area contributed by atoms with Crippen molar-refractivity contribution in [2.45, 2.75) is 19.9 Å². The maximum Gasteiger partial charge on any atom is 0.359 e. The molecule has 0 N–H and O–H groups in total. The van der Waals surface area contributed by atoms with Crippen molar-refractivity contribution in [3.63, 3.8) is 0 Å². The van der Waals surface area contributed by atoms with Gasteiger partial charge in [0.25, 0.3) is 0 Å². The molecule has 162 valence electrons. The number of aromatic nitrogens is 2. The highest BCUT2D eigenvalue weighted by Gasteiger charge is 2.31. The molecule has 1 aromatic carbocycles. The van der Waals surface area contributed by atoms with E-state index in [1.54, 1.807) is 30.7 Å². The first-order valence-electron chi connectivity index (χ1n) is 9.85. The van der Waals surface area contributed by atoms with Gasteiger partial charge in [0.15, 0.2) is 5.69 Å². The zero-order valence-electron chi connectivity index (χ0n) is 17.6. The molecule has 0 fully saturated rings. The second kappa shape index (κ2) is 10.2. The minimum Gasteiger partial charge on any atom is -0.497 e. The van der Waals surface area contributed by atoms with Crippen LogP contribution in [0.3, 0.4) is 0 Å². The molecule has 0 aliphatic carbocycles. The molecular formula is C21H27N3O6. The minimum absolute atomic E-state index is 0.0277. The van der Waals surface area contributed by atoms with Gasteiger partial charge in [-0.2, -0.15) is 5.10 Å². The molecule has 0 spiro atoms. The topological polar surface area (TPSA) is 92.1 Å². The summed E-state index contributed by atoms with van der Waals surface area (Å²) in [5.74, 6) is 0.103. The van der Waals surface area contributed by atoms with Gasteiger partial charge in [0, 0.05) is 32.2 Å². The highest BCUT2D eigenvalue weighted by Crippen LogP contribution is 2.27. The van der Waals surface area contributed by atoms with Crippen LogP contribution in [0.4, 0.5) is 0 Å². The van der Waals surface area contributed by atoms with Crippen molar-refractivity contribution < 1.29 is 28.5 Å². The van der Waals surface area contributed by atoms with Gasteiger partial charge in [-0.05, 0) is 31.2 Å². The lowest BCUT2D eigenvalue weighted by Crippen LogP contribution is -2.39. The summed E-state index contributed by atoms with van der Waals surface area (Å²) in [6.07, 6.45) is 0.567. The summed E-state index contributed by atoms with van der Waals surface area (Å²) in [7, 11) is 3.18. The van der Waals surface area contributed by atoms with E-state index < -0.39 is 5.97 Å². The predicted molar refractivity (Wildman–Crippen MR) is 108 cm³/mol. The van der Waals surface area contributed by atoms with Gasteiger partial charge < -0.3 is 23.8 Å². The lowest BCUT2D eigenvalue weighted by molar-refractivity contribution is -0.137. The molecule has 2 heterocycles. The van der Waals surface area contributed by atoms with Gasteiger partial charge in [0.05, 0.1) is 38.3 Å². The molecule has 0 bridgehead atoms. The number of carbonyl (C=O) groups excluding carboxylic acids is 2. The van der Waals surface area contributed by atoms with Crippen LogP contribution in [-0.2, 0) is 32.0 Å². The summed E-state index contributed by atoms with van der Waals surface area (Å²) < 4.78 is 22.4. The maximum atomic E-state index is 12.5. The molecule has 1 aromatic heterocycles. The van der Waals surface area contributed by atoms with Crippen LogP contribution in [0.15, 0.2) is 24.3 Å². The van der Waals surface area contributed by atoms with Crippen molar-refractivity contribution in [2.24, 2.45) is 0 Å². The summed E-state index contributed by atoms with van der Waals surface area (Å²) in [4.78, 5) is 26.7. The van der Waals surface area contributed by atoms with Crippen molar-refractivity contribution in [3.8, 4) is 11.4 Å². The van der Waals surface area contributed by atoms with Gasteiger partial charge in [-0.15, -0.1) is 0 Å². The standard InChI is InChI=1S/C21H27N3O6/c1-4-30-21(26)20-17-13-23(19(25)14-29-12-11-27-2)10-9-18(17)24(22-20)15-5-7-16(28-3)8-6-15/h5-8H,4,9-14H2,1-3H3. The molecule has 1 amide bonds. The van der Waals surface area contributed by atoms with Gasteiger partial charge in [0.1, 0.15) is 12.4 Å². The lowest BCUT2D eigenvalue weighted by Gasteiger charge is -2.27. The van der Waals surface area contributed by atoms with Crippen LogP contribution in [0.1, 0.15) is 28.7 Å². The Balaban J connectivity index is 1.86. The molecule has 2 aromatic rings. The molecule has 0 atom stereocenters. The molecular weight excluding hydrogens is 390 g/mol. The quantitative estimate of drug-likeness (QED) is 0.452. The summed E-state index contributed by atoms with van der Waals surface area (Å²) in [6.45, 7) is 3.55. The Morgan fingerprint density at radius 2 is 1.90 bits per heavy atom. The Labute approximate surface area is 175 Å². The molecule has 0 saturated carbocycles. The van der Waals surface area contributed by atoms with E-state index in [1.165, 1.54) is 0 Å². The van der Waals surface area contributed by atoms with E-state index in [9.17, 15) is 9.59 Å². The molecule has 1 aliphatic rings. The normalized spacial score (nSPS) is 13.1. The number of amides is 1. The van der Waals surface area contributed by atoms with Gasteiger partial charge in [0.2, 0.25) is 5.91 Å². The van der Waals surface area contributed by atoms with Crippen molar-refractivity contribution in [3.05, 3.63) is 41.2 Å². The average Bonchev–Trinajstić information content (AvgIpc) is 3.16. The van der Waals surface area contributed by atoms with E-state index in [0.717, 1.165) is 17.1 Å². The molecule has 0 saturated heterocycles. The number of benzene rings is 1. The number of hydrogen-bond acceptors (Lipinski definition) is 7. The number of carbonyl (C=O) groups is 2. The van der Waals surface area contributed by atoms with Gasteiger partial charge in [-0.3, -0.25) is 4.79 Å². The number of esters is 1. The second-order valence-electron chi connectivity index (χ2n) is 6.71. The molecule has 0 radical (unpaired) electrons. The lowest BCUT2D eigenvalue weighted by atomic mass is 10.0. The SMILES string of the molecule is CCOC(=O)c1nn(-c2ccc(OC)cc2)c2c1CN(C(=O)COCCOC)CC2. The Morgan fingerprint density at radius 3 is 2.57 bits per heavy atom. The summed E-state index contributed by atoms with van der Waals surface area (Å²) in [6, 6.07) is 7.43. The number of methoxy groups -OCH3 is 2. The first-order valence-corrected chi connectivity index (χ1v) is 9.85. The van der Waals surface area contributed by atoms with E-state index >= 15 is 0 Å². The molecule has 0 unspecified atom stereocenters. The number of ether oxygens (including phenoxy) is 4. The predicted octanol–water partition coefficient (Wildman–Crippen LogP) is 1.61. The largest absolute Gasteiger partial charge is 0.497 e. The molecule has 9 heteroatoms. The Bertz CT molecular complexity index is 878. The average molecular weight is 417 g/mol. The van der Waals surface area contributed by atoms with E-state index in [1.807, 2.05) is 24.3 Å². The van der Waals surface area contributed by atoms with Gasteiger partial charge >= 0.3 is 5.97 Å². The van der Waals surface area contributed by atoms with Crippen molar-refractivity contribution in [2.75, 3.05) is 47.2 Å². The van der Waals surface area contributed by atoms with E-state index in [2.05, 4.69) is 5.10 Å². The fraction of sp³-hybridized carbons (Fsp3) is 0.476. The third-order valence-corrected chi connectivity index (χ3v) is 4.85. The second-order valence-corrected chi connectivity index (χ2v) is 6.71. The van der Waals surface area contributed by atoms with Crippen LogP contribution in [0.5, 0.6) is 5.75 Å². The molecule has 9 nitrogen and oxygen atoms in total. The molecule has 30 heavy (non-hydrogen) atoms. The summed E-state index contributed by atoms with van der Waals surface area (Å²) >= 11 is 0. The summed E-state index contributed by atoms with van der Waals surface area (Å²) in [5.41, 5.74) is 2.65. The fourth-order valence-electron chi connectivity index (χ4n) is 3.33. The van der Waals surface area contributed by atoms with Crippen LogP contribution in [0.25, 0.3) is 5.69 Å². The first kappa shape index (κ1) is 21.8. The van der Waals surface area contributed by atoms with Crippen LogP contribution in [0, 0.1) is 0 Å². The number of rotatable bonds is 9. The van der Waals surface area contributed by atoms with Crippen LogP contribution >= 0.6 is 0 Å². The minimum atomic E-state index is -0.494. The van der Waals surface area contributed by atoms with Crippen LogP contribution < -0.4 is 4.74 Å². The van der Waals surface area contributed by atoms with Gasteiger partial charge in [-0.25, -0.2) is 9.48 Å². The molecule has 1 aliphatic heterocycles. The van der Waals surface area contributed by atoms with Crippen molar-refractivity contribution in [1.82, 2.24) is 14.7 Å². The van der Waals surface area contributed by atoms with Crippen molar-refractivity contribution >= 4 is 11.9 Å². The highest BCUT2D eigenvalue weighted by atomic mass is 16.5. The van der Waals surface area contributed by atoms with E-state index in [-0.39, 0.29) is 31.4 Å². The monoisotopic (exact) mass is 417 g/mol. The molecule has 3 rings (SSSR count). The maximum absolute atomic E-state index is 12.5. The zero-order chi connectivity index (χ0) is 21.5. The Kier molecular flexibility index (Phi) is 7.42. The van der Waals surface area contributed by atoms with E-state index in [0.29, 0.717) is 31.7 Å². The highest BCUT2D eigenvalue weighted by molar-refractivity contribution is 5.90. The third-order valence-electron chi connectivity index (χ3n) is 4.85. The Morgan fingerprint density at radius 1 is 1.13 bits per heavy atom. The number of fused-ring (bicyclic) bond motifs is 1. The number of nitrogens with zero attached hydrogens (tertiary/aromatic N) is 3. The van der Waals surface area contributed by atoms with E-state index in [4.69, 9.17) is 18.9 Å². The van der Waals surface area contributed by atoms with Crippen molar-refractivity contribution in [1.29, 1.82) is 0 Å². The Hall–Kier alpha value is -2.91. The van der Waals surface area contributed by atoms with Crippen LogP contribution in [0.2, 0.25) is 0 Å².